The zero-order valence-electron chi connectivity index (χ0n) is 14.8. The quantitative estimate of drug-likeness (QED) is 0.639. The molecule has 2 aromatic rings. The number of carbonyl (C=O) groups is 1. The fraction of sp³-hybridized carbons (Fsp3) is 0.350. The largest absolute Gasteiger partial charge is 0.497 e. The summed E-state index contributed by atoms with van der Waals surface area (Å²) in [6, 6.07) is 15.6. The number of ether oxygens (including phenoxy) is 1. The van der Waals surface area contributed by atoms with Gasteiger partial charge in [0.05, 0.1) is 12.0 Å². The number of carboxylic acid groups (broad SMARTS) is 1. The summed E-state index contributed by atoms with van der Waals surface area (Å²) in [6.07, 6.45) is 3.20. The van der Waals surface area contributed by atoms with Crippen LogP contribution in [-0.2, 0) is 21.1 Å². The van der Waals surface area contributed by atoms with E-state index in [1.165, 1.54) is 17.7 Å². The van der Waals surface area contributed by atoms with Crippen molar-refractivity contribution in [1.29, 1.82) is 0 Å². The number of methoxy groups -OCH3 is 1. The van der Waals surface area contributed by atoms with Crippen molar-refractivity contribution in [3.8, 4) is 5.75 Å². The first-order valence-electron chi connectivity index (χ1n) is 8.60. The Morgan fingerprint density at radius 1 is 1.00 bits per heavy atom. The summed E-state index contributed by atoms with van der Waals surface area (Å²) >= 11 is 0. The molecule has 1 N–H and O–H groups in total. The first-order valence-corrected chi connectivity index (χ1v) is 10.1. The number of aryl methyl sites for hydroxylation is 1. The first kappa shape index (κ1) is 20.0. The summed E-state index contributed by atoms with van der Waals surface area (Å²) in [6.45, 7) is 0. The highest BCUT2D eigenvalue weighted by molar-refractivity contribution is 7.92. The van der Waals surface area contributed by atoms with E-state index in [9.17, 15) is 18.3 Å². The van der Waals surface area contributed by atoms with Crippen molar-refractivity contribution in [2.45, 2.75) is 42.2 Å². The molecule has 0 aliphatic rings. The lowest BCUT2D eigenvalue weighted by atomic mass is 10.1. The number of carboxylic acids is 1. The molecule has 0 fully saturated rings. The van der Waals surface area contributed by atoms with Crippen molar-refractivity contribution >= 4 is 15.8 Å². The molecule has 0 saturated heterocycles. The number of hydrogen-bond acceptors (Lipinski definition) is 4. The van der Waals surface area contributed by atoms with Gasteiger partial charge < -0.3 is 9.84 Å². The second-order valence-corrected chi connectivity index (χ2v) is 8.26. The molecule has 2 rings (SSSR count). The zero-order chi connectivity index (χ0) is 19.0. The minimum absolute atomic E-state index is 0.0608. The van der Waals surface area contributed by atoms with Crippen LogP contribution in [0.25, 0.3) is 0 Å². The highest BCUT2D eigenvalue weighted by atomic mass is 32.2. The number of rotatable bonds is 10. The molecule has 6 heteroatoms. The maximum Gasteiger partial charge on any atom is 0.322 e. The Kier molecular flexibility index (Phi) is 7.21. The van der Waals surface area contributed by atoms with Gasteiger partial charge in [0.2, 0.25) is 0 Å². The molecule has 1 unspecified atom stereocenters. The van der Waals surface area contributed by atoms with E-state index >= 15 is 0 Å². The third-order valence-electron chi connectivity index (χ3n) is 4.31. The Morgan fingerprint density at radius 2 is 1.65 bits per heavy atom. The molecule has 0 aliphatic carbocycles. The summed E-state index contributed by atoms with van der Waals surface area (Å²) < 4.78 is 30.2. The van der Waals surface area contributed by atoms with Crippen LogP contribution in [0.1, 0.15) is 31.2 Å². The Labute approximate surface area is 154 Å². The predicted molar refractivity (Wildman–Crippen MR) is 100 cm³/mol. The topological polar surface area (TPSA) is 80.7 Å². The lowest BCUT2D eigenvalue weighted by Gasteiger charge is -2.13. The molecule has 0 saturated carbocycles. The maximum atomic E-state index is 12.5. The smallest absolute Gasteiger partial charge is 0.322 e. The molecular formula is C20H24O5S. The lowest BCUT2D eigenvalue weighted by molar-refractivity contribution is -0.136. The molecule has 5 nitrogen and oxygen atoms in total. The summed E-state index contributed by atoms with van der Waals surface area (Å²) in [5, 5.41) is 7.97. The molecule has 0 aromatic heterocycles. The highest BCUT2D eigenvalue weighted by Crippen LogP contribution is 2.21. The molecule has 0 spiro atoms. The number of sulfone groups is 1. The fourth-order valence-electron chi connectivity index (χ4n) is 2.81. The van der Waals surface area contributed by atoms with Gasteiger partial charge in [0.25, 0.3) is 0 Å². The number of aliphatic carboxylic acids is 1. The molecule has 0 bridgehead atoms. The van der Waals surface area contributed by atoms with Gasteiger partial charge in [-0.1, -0.05) is 43.2 Å². The number of unbranched alkanes of at least 4 members (excludes halogenated alkanes) is 2. The molecule has 0 radical (unpaired) electrons. The van der Waals surface area contributed by atoms with Crippen molar-refractivity contribution in [1.82, 2.24) is 0 Å². The van der Waals surface area contributed by atoms with E-state index in [0.717, 1.165) is 25.0 Å². The van der Waals surface area contributed by atoms with E-state index in [0.29, 0.717) is 6.42 Å². The van der Waals surface area contributed by atoms with Crippen LogP contribution in [0.5, 0.6) is 5.75 Å². The zero-order valence-corrected chi connectivity index (χ0v) is 15.6. The van der Waals surface area contributed by atoms with Gasteiger partial charge in [-0.05, 0) is 49.1 Å². The van der Waals surface area contributed by atoms with E-state index in [1.54, 1.807) is 25.3 Å². The predicted octanol–water partition coefficient (Wildman–Crippen LogP) is 3.73. The Hall–Kier alpha value is -2.34. The van der Waals surface area contributed by atoms with Crippen molar-refractivity contribution in [3.05, 3.63) is 60.2 Å². The summed E-state index contributed by atoms with van der Waals surface area (Å²) in [7, 11) is -2.24. The van der Waals surface area contributed by atoms with Gasteiger partial charge in [0, 0.05) is 0 Å². The average molecular weight is 376 g/mol. The molecule has 26 heavy (non-hydrogen) atoms. The summed E-state index contributed by atoms with van der Waals surface area (Å²) in [5.41, 5.74) is 1.18. The van der Waals surface area contributed by atoms with Gasteiger partial charge in [-0.25, -0.2) is 8.42 Å². The Balaban J connectivity index is 1.86. The molecule has 2 aromatic carbocycles. The minimum Gasteiger partial charge on any atom is -0.497 e. The highest BCUT2D eigenvalue weighted by Gasteiger charge is 2.33. The van der Waals surface area contributed by atoms with Gasteiger partial charge in [-0.2, -0.15) is 0 Å². The molecule has 0 aliphatic heterocycles. The standard InChI is InChI=1S/C20H24O5S/c1-25-17-14-12-16(13-15-17)8-4-2-7-11-19(20(21)22)26(23,24)18-9-5-3-6-10-18/h3,5-6,9-10,12-15,19H,2,4,7-8,11H2,1H3,(H,21,22). The van der Waals surface area contributed by atoms with Crippen molar-refractivity contribution < 1.29 is 23.1 Å². The van der Waals surface area contributed by atoms with Crippen LogP contribution in [0, 0.1) is 0 Å². The molecule has 0 amide bonds. The first-order chi connectivity index (χ1) is 12.4. The molecule has 140 valence electrons. The van der Waals surface area contributed by atoms with Crippen LogP contribution in [-0.4, -0.2) is 31.9 Å². The second-order valence-electron chi connectivity index (χ2n) is 6.13. The van der Waals surface area contributed by atoms with Gasteiger partial charge in [-0.3, -0.25) is 4.79 Å². The SMILES string of the molecule is COc1ccc(CCCCCC(C(=O)O)S(=O)(=O)c2ccccc2)cc1. The van der Waals surface area contributed by atoms with E-state index < -0.39 is 21.1 Å². The van der Waals surface area contributed by atoms with Gasteiger partial charge in [-0.15, -0.1) is 0 Å². The van der Waals surface area contributed by atoms with Crippen LogP contribution in [0.2, 0.25) is 0 Å². The molecule has 1 atom stereocenters. The van der Waals surface area contributed by atoms with E-state index in [1.807, 2.05) is 24.3 Å². The van der Waals surface area contributed by atoms with Crippen LogP contribution in [0.4, 0.5) is 0 Å². The van der Waals surface area contributed by atoms with Crippen LogP contribution in [0.15, 0.2) is 59.5 Å². The Bertz CT molecular complexity index is 798. The number of benzene rings is 2. The Morgan fingerprint density at radius 3 is 2.23 bits per heavy atom. The van der Waals surface area contributed by atoms with Crippen molar-refractivity contribution in [3.63, 3.8) is 0 Å². The van der Waals surface area contributed by atoms with Gasteiger partial charge >= 0.3 is 5.97 Å². The number of hydrogen-bond donors (Lipinski definition) is 1. The third kappa shape index (κ3) is 5.33. The van der Waals surface area contributed by atoms with Crippen LogP contribution < -0.4 is 4.74 Å². The monoisotopic (exact) mass is 376 g/mol. The van der Waals surface area contributed by atoms with E-state index in [4.69, 9.17) is 4.74 Å². The van der Waals surface area contributed by atoms with Gasteiger partial charge in [0.1, 0.15) is 5.75 Å². The molecular weight excluding hydrogens is 352 g/mol. The van der Waals surface area contributed by atoms with Crippen LogP contribution >= 0.6 is 0 Å². The van der Waals surface area contributed by atoms with Crippen molar-refractivity contribution in [2.75, 3.05) is 7.11 Å². The summed E-state index contributed by atoms with van der Waals surface area (Å²) in [5.74, 6) is -0.479. The van der Waals surface area contributed by atoms with E-state index in [-0.39, 0.29) is 11.3 Å². The molecule has 0 heterocycles. The van der Waals surface area contributed by atoms with Crippen LogP contribution in [0.3, 0.4) is 0 Å². The van der Waals surface area contributed by atoms with Crippen molar-refractivity contribution in [2.24, 2.45) is 0 Å². The lowest BCUT2D eigenvalue weighted by Crippen LogP contribution is -2.30. The fourth-order valence-corrected chi connectivity index (χ4v) is 4.42. The average Bonchev–Trinajstić information content (AvgIpc) is 2.65. The van der Waals surface area contributed by atoms with Gasteiger partial charge in [0.15, 0.2) is 15.1 Å². The normalized spacial score (nSPS) is 12.5. The van der Waals surface area contributed by atoms with E-state index in [2.05, 4.69) is 0 Å². The third-order valence-corrected chi connectivity index (χ3v) is 6.43. The minimum atomic E-state index is -3.86. The second kappa shape index (κ2) is 9.38. The summed E-state index contributed by atoms with van der Waals surface area (Å²) in [4.78, 5) is 11.5. The maximum absolute atomic E-state index is 12.5.